The number of ether oxygens (including phenoxy) is 1. The highest BCUT2D eigenvalue weighted by Gasteiger charge is 2.29. The maximum Gasteiger partial charge on any atom is 0.254 e. The molecule has 4 rings (SSSR count). The minimum Gasteiger partial charge on any atom is -0.378 e. The van der Waals surface area contributed by atoms with E-state index in [9.17, 15) is 9.59 Å². The normalized spacial score (nSPS) is 22.4. The maximum atomic E-state index is 13.1. The molecular formula is C23H28N2O3. The van der Waals surface area contributed by atoms with Crippen molar-refractivity contribution >= 4 is 22.6 Å². The van der Waals surface area contributed by atoms with Crippen LogP contribution in [0.25, 0.3) is 10.8 Å². The number of rotatable bonds is 5. The molecule has 0 aromatic heterocycles. The van der Waals surface area contributed by atoms with E-state index < -0.39 is 0 Å². The average molecular weight is 380 g/mol. The van der Waals surface area contributed by atoms with E-state index >= 15 is 0 Å². The monoisotopic (exact) mass is 380 g/mol. The van der Waals surface area contributed by atoms with Gasteiger partial charge in [0.05, 0.1) is 12.0 Å². The fourth-order valence-corrected chi connectivity index (χ4v) is 4.33. The molecule has 0 spiro atoms. The molecule has 2 atom stereocenters. The molecule has 0 radical (unpaired) electrons. The van der Waals surface area contributed by atoms with Gasteiger partial charge < -0.3 is 15.0 Å². The van der Waals surface area contributed by atoms with Crippen LogP contribution in [-0.4, -0.2) is 49.1 Å². The Morgan fingerprint density at radius 2 is 1.93 bits per heavy atom. The molecule has 5 heteroatoms. The Bertz CT molecular complexity index is 839. The third kappa shape index (κ3) is 4.20. The van der Waals surface area contributed by atoms with Crippen molar-refractivity contribution in [3.05, 3.63) is 48.0 Å². The van der Waals surface area contributed by atoms with Gasteiger partial charge in [0.2, 0.25) is 5.91 Å². The highest BCUT2D eigenvalue weighted by molar-refractivity contribution is 6.07. The van der Waals surface area contributed by atoms with Crippen LogP contribution >= 0.6 is 0 Å². The first-order valence-electron chi connectivity index (χ1n) is 10.4. The average Bonchev–Trinajstić information content (AvgIpc) is 3.26. The summed E-state index contributed by atoms with van der Waals surface area (Å²) < 4.78 is 5.61. The molecule has 2 unspecified atom stereocenters. The zero-order valence-corrected chi connectivity index (χ0v) is 16.2. The Labute approximate surface area is 166 Å². The van der Waals surface area contributed by atoms with Crippen LogP contribution < -0.4 is 5.32 Å². The molecule has 1 N–H and O–H groups in total. The fraction of sp³-hybridized carbons (Fsp3) is 0.478. The number of amides is 2. The molecule has 2 saturated heterocycles. The molecule has 2 aromatic rings. The molecule has 2 amide bonds. The van der Waals surface area contributed by atoms with Gasteiger partial charge in [0.1, 0.15) is 0 Å². The van der Waals surface area contributed by atoms with Gasteiger partial charge in [-0.25, -0.2) is 0 Å². The molecular weight excluding hydrogens is 352 g/mol. The standard InChI is InChI=1S/C23H28N2O3/c26-22(24-13-12-19-9-5-15-28-19)18-8-4-14-25(16-18)23(27)21-11-3-7-17-6-1-2-10-20(17)21/h1-3,6-7,10-11,18-19H,4-5,8-9,12-16H2,(H,24,26). The summed E-state index contributed by atoms with van der Waals surface area (Å²) in [5, 5.41) is 5.09. The van der Waals surface area contributed by atoms with E-state index in [1.165, 1.54) is 0 Å². The van der Waals surface area contributed by atoms with Crippen LogP contribution in [0, 0.1) is 5.92 Å². The van der Waals surface area contributed by atoms with Gasteiger partial charge in [0.15, 0.2) is 0 Å². The number of nitrogens with one attached hydrogen (secondary N) is 1. The van der Waals surface area contributed by atoms with E-state index in [4.69, 9.17) is 4.74 Å². The number of hydrogen-bond donors (Lipinski definition) is 1. The molecule has 148 valence electrons. The van der Waals surface area contributed by atoms with Crippen LogP contribution in [0.3, 0.4) is 0 Å². The first-order chi connectivity index (χ1) is 13.7. The Balaban J connectivity index is 1.37. The molecule has 2 heterocycles. The van der Waals surface area contributed by atoms with Crippen molar-refractivity contribution in [3.8, 4) is 0 Å². The summed E-state index contributed by atoms with van der Waals surface area (Å²) in [7, 11) is 0. The molecule has 0 aliphatic carbocycles. The zero-order chi connectivity index (χ0) is 19.3. The van der Waals surface area contributed by atoms with E-state index in [0.717, 1.165) is 55.0 Å². The van der Waals surface area contributed by atoms with Crippen molar-refractivity contribution < 1.29 is 14.3 Å². The smallest absolute Gasteiger partial charge is 0.254 e. The van der Waals surface area contributed by atoms with Crippen molar-refractivity contribution in [3.63, 3.8) is 0 Å². The van der Waals surface area contributed by atoms with Crippen molar-refractivity contribution in [2.24, 2.45) is 5.92 Å². The Morgan fingerprint density at radius 1 is 1.07 bits per heavy atom. The summed E-state index contributed by atoms with van der Waals surface area (Å²) >= 11 is 0. The second kappa shape index (κ2) is 8.74. The third-order valence-electron chi connectivity index (χ3n) is 5.89. The van der Waals surface area contributed by atoms with Crippen LogP contribution in [0.15, 0.2) is 42.5 Å². The van der Waals surface area contributed by atoms with Gasteiger partial charge in [-0.1, -0.05) is 36.4 Å². The highest BCUT2D eigenvalue weighted by Crippen LogP contribution is 2.24. The minimum absolute atomic E-state index is 0.0219. The quantitative estimate of drug-likeness (QED) is 0.865. The van der Waals surface area contributed by atoms with E-state index in [2.05, 4.69) is 5.32 Å². The largest absolute Gasteiger partial charge is 0.378 e. The Hall–Kier alpha value is -2.40. The predicted molar refractivity (Wildman–Crippen MR) is 109 cm³/mol. The van der Waals surface area contributed by atoms with Crippen LogP contribution in [0.5, 0.6) is 0 Å². The van der Waals surface area contributed by atoms with E-state index in [-0.39, 0.29) is 23.8 Å². The fourth-order valence-electron chi connectivity index (χ4n) is 4.33. The molecule has 5 nitrogen and oxygen atoms in total. The van der Waals surface area contributed by atoms with Gasteiger partial charge >= 0.3 is 0 Å². The van der Waals surface area contributed by atoms with Crippen molar-refractivity contribution in [2.75, 3.05) is 26.2 Å². The molecule has 0 saturated carbocycles. The first kappa shape index (κ1) is 18.9. The van der Waals surface area contributed by atoms with Crippen LogP contribution in [-0.2, 0) is 9.53 Å². The van der Waals surface area contributed by atoms with Crippen LogP contribution in [0.2, 0.25) is 0 Å². The van der Waals surface area contributed by atoms with Crippen LogP contribution in [0.1, 0.15) is 42.5 Å². The minimum atomic E-state index is -0.128. The van der Waals surface area contributed by atoms with Crippen molar-refractivity contribution in [1.29, 1.82) is 0 Å². The lowest BCUT2D eigenvalue weighted by Crippen LogP contribution is -2.45. The van der Waals surface area contributed by atoms with Gasteiger partial charge in [-0.3, -0.25) is 9.59 Å². The summed E-state index contributed by atoms with van der Waals surface area (Å²) in [6, 6.07) is 13.8. The van der Waals surface area contributed by atoms with Gasteiger partial charge in [-0.05, 0) is 48.9 Å². The molecule has 28 heavy (non-hydrogen) atoms. The van der Waals surface area contributed by atoms with E-state index in [1.54, 1.807) is 0 Å². The van der Waals surface area contributed by atoms with Gasteiger partial charge in [0.25, 0.3) is 5.91 Å². The van der Waals surface area contributed by atoms with Crippen molar-refractivity contribution in [1.82, 2.24) is 10.2 Å². The molecule has 2 aliphatic rings. The topological polar surface area (TPSA) is 58.6 Å². The molecule has 0 bridgehead atoms. The molecule has 2 aliphatic heterocycles. The number of benzene rings is 2. The predicted octanol–water partition coefficient (Wildman–Crippen LogP) is 3.38. The number of fused-ring (bicyclic) bond motifs is 1. The molecule has 2 fully saturated rings. The Morgan fingerprint density at radius 3 is 2.79 bits per heavy atom. The van der Waals surface area contributed by atoms with Gasteiger partial charge in [-0.15, -0.1) is 0 Å². The number of likely N-dealkylation sites (tertiary alicyclic amines) is 1. The summed E-state index contributed by atoms with van der Waals surface area (Å²) in [4.78, 5) is 27.6. The van der Waals surface area contributed by atoms with Gasteiger partial charge in [0, 0.05) is 31.8 Å². The first-order valence-corrected chi connectivity index (χ1v) is 10.4. The highest BCUT2D eigenvalue weighted by atomic mass is 16.5. The van der Waals surface area contributed by atoms with Crippen molar-refractivity contribution in [2.45, 2.75) is 38.2 Å². The number of hydrogen-bond acceptors (Lipinski definition) is 3. The van der Waals surface area contributed by atoms with Gasteiger partial charge in [-0.2, -0.15) is 0 Å². The lowest BCUT2D eigenvalue weighted by molar-refractivity contribution is -0.126. The SMILES string of the molecule is O=C(NCCC1CCCO1)C1CCCN(C(=O)c2cccc3ccccc23)C1. The van der Waals surface area contributed by atoms with Crippen LogP contribution in [0.4, 0.5) is 0 Å². The summed E-state index contributed by atoms with van der Waals surface area (Å²) in [6.45, 7) is 2.69. The third-order valence-corrected chi connectivity index (χ3v) is 5.89. The maximum absolute atomic E-state index is 13.1. The number of nitrogens with zero attached hydrogens (tertiary/aromatic N) is 1. The van der Waals surface area contributed by atoms with E-state index in [1.807, 2.05) is 47.4 Å². The number of carbonyl (C=O) groups is 2. The summed E-state index contributed by atoms with van der Waals surface area (Å²) in [5.41, 5.74) is 0.720. The zero-order valence-electron chi connectivity index (χ0n) is 16.2. The number of piperidine rings is 1. The summed E-state index contributed by atoms with van der Waals surface area (Å²) in [5.74, 6) is -0.0424. The van der Waals surface area contributed by atoms with E-state index in [0.29, 0.717) is 19.6 Å². The lowest BCUT2D eigenvalue weighted by atomic mass is 9.95. The Kier molecular flexibility index (Phi) is 5.91. The number of carbonyl (C=O) groups excluding carboxylic acids is 2. The second-order valence-corrected chi connectivity index (χ2v) is 7.83. The lowest BCUT2D eigenvalue weighted by Gasteiger charge is -2.32. The molecule has 2 aromatic carbocycles. The summed E-state index contributed by atoms with van der Waals surface area (Å²) in [6.07, 6.45) is 5.07. The second-order valence-electron chi connectivity index (χ2n) is 7.83.